The zero-order valence-electron chi connectivity index (χ0n) is 11.8. The van der Waals surface area contributed by atoms with Gasteiger partial charge in [-0.1, -0.05) is 30.3 Å². The second-order valence-electron chi connectivity index (χ2n) is 4.74. The number of hydrogen-bond donors (Lipinski definition) is 1. The van der Waals surface area contributed by atoms with Gasteiger partial charge in [-0.05, 0) is 31.9 Å². The summed E-state index contributed by atoms with van der Waals surface area (Å²) < 4.78 is 5.25. The second kappa shape index (κ2) is 5.74. The number of nitrogens with one attached hydrogen (secondary N) is 1. The van der Waals surface area contributed by atoms with Gasteiger partial charge in [-0.25, -0.2) is 4.79 Å². The molecule has 4 heteroatoms. The largest absolute Gasteiger partial charge is 0.456 e. The van der Waals surface area contributed by atoms with E-state index in [1.165, 1.54) is 6.92 Å². The molecule has 0 unspecified atom stereocenters. The van der Waals surface area contributed by atoms with Gasteiger partial charge in [0.05, 0.1) is 5.56 Å². The van der Waals surface area contributed by atoms with E-state index in [1.807, 2.05) is 44.2 Å². The predicted molar refractivity (Wildman–Crippen MR) is 75.8 cm³/mol. The van der Waals surface area contributed by atoms with Crippen molar-refractivity contribution in [3.05, 3.63) is 58.4 Å². The number of ether oxygens (including phenoxy) is 1. The Morgan fingerprint density at radius 1 is 1.15 bits per heavy atom. The van der Waals surface area contributed by atoms with Crippen LogP contribution in [0.4, 0.5) is 0 Å². The van der Waals surface area contributed by atoms with Gasteiger partial charge in [0, 0.05) is 5.69 Å². The van der Waals surface area contributed by atoms with Crippen molar-refractivity contribution >= 4 is 11.8 Å². The summed E-state index contributed by atoms with van der Waals surface area (Å²) in [5, 5.41) is 0. The summed E-state index contributed by atoms with van der Waals surface area (Å²) in [4.78, 5) is 26.7. The van der Waals surface area contributed by atoms with Crippen LogP contribution in [-0.4, -0.2) is 16.7 Å². The fourth-order valence-electron chi connectivity index (χ4n) is 2.11. The van der Waals surface area contributed by atoms with E-state index in [2.05, 4.69) is 4.98 Å². The van der Waals surface area contributed by atoms with Gasteiger partial charge in [-0.15, -0.1) is 0 Å². The molecular formula is C16H17NO3. The molecular weight excluding hydrogens is 254 g/mol. The summed E-state index contributed by atoms with van der Waals surface area (Å²) >= 11 is 0. The van der Waals surface area contributed by atoms with E-state index in [1.54, 1.807) is 0 Å². The number of H-pyrrole nitrogens is 1. The first kappa shape index (κ1) is 14.1. The van der Waals surface area contributed by atoms with Gasteiger partial charge >= 0.3 is 5.97 Å². The third-order valence-corrected chi connectivity index (χ3v) is 3.27. The molecule has 0 saturated carbocycles. The minimum atomic E-state index is -0.504. The Balaban J connectivity index is 2.18. The number of ketones is 1. The van der Waals surface area contributed by atoms with Crippen LogP contribution in [-0.2, 0) is 11.3 Å². The molecule has 1 heterocycles. The molecule has 104 valence electrons. The summed E-state index contributed by atoms with van der Waals surface area (Å²) in [6.07, 6.45) is 0. The van der Waals surface area contributed by atoms with Crippen LogP contribution in [0.1, 0.15) is 44.6 Å². The molecule has 1 N–H and O–H groups in total. The number of esters is 1. The van der Waals surface area contributed by atoms with Crippen molar-refractivity contribution in [3.8, 4) is 0 Å². The fourth-order valence-corrected chi connectivity index (χ4v) is 2.11. The maximum Gasteiger partial charge on any atom is 0.355 e. The molecule has 20 heavy (non-hydrogen) atoms. The van der Waals surface area contributed by atoms with Crippen molar-refractivity contribution in [2.45, 2.75) is 27.4 Å². The molecule has 0 saturated heterocycles. The minimum Gasteiger partial charge on any atom is -0.456 e. The van der Waals surface area contributed by atoms with Gasteiger partial charge in [-0.3, -0.25) is 4.79 Å². The zero-order chi connectivity index (χ0) is 14.7. The number of Topliss-reactive ketones (excluding diaryl/α,β-unsaturated/α-hetero) is 1. The van der Waals surface area contributed by atoms with E-state index in [9.17, 15) is 9.59 Å². The number of carbonyl (C=O) groups excluding carboxylic acids is 2. The normalized spacial score (nSPS) is 10.3. The van der Waals surface area contributed by atoms with E-state index in [-0.39, 0.29) is 18.1 Å². The topological polar surface area (TPSA) is 59.2 Å². The number of aryl methyl sites for hydroxylation is 1. The van der Waals surface area contributed by atoms with E-state index in [0.717, 1.165) is 16.8 Å². The Bertz CT molecular complexity index is 641. The Morgan fingerprint density at radius 2 is 1.80 bits per heavy atom. The first-order valence-corrected chi connectivity index (χ1v) is 6.42. The summed E-state index contributed by atoms with van der Waals surface area (Å²) in [7, 11) is 0. The standard InChI is InChI=1S/C16H17NO3/c1-10-11(2)17-15(14(10)12(3)18)16(19)20-9-13-7-5-4-6-8-13/h4-8,17H,9H2,1-3H3. The van der Waals surface area contributed by atoms with Crippen LogP contribution >= 0.6 is 0 Å². The van der Waals surface area contributed by atoms with Crippen molar-refractivity contribution in [2.24, 2.45) is 0 Å². The fraction of sp³-hybridized carbons (Fsp3) is 0.250. The van der Waals surface area contributed by atoms with Crippen LogP contribution in [0, 0.1) is 13.8 Å². The number of hydrogen-bond acceptors (Lipinski definition) is 3. The van der Waals surface area contributed by atoms with E-state index in [0.29, 0.717) is 5.56 Å². The molecule has 0 radical (unpaired) electrons. The van der Waals surface area contributed by atoms with Gasteiger partial charge in [0.25, 0.3) is 0 Å². The van der Waals surface area contributed by atoms with Crippen LogP contribution in [0.5, 0.6) is 0 Å². The SMILES string of the molecule is CC(=O)c1c(C(=O)OCc2ccccc2)[nH]c(C)c1C. The average molecular weight is 271 g/mol. The van der Waals surface area contributed by atoms with Gasteiger partial charge in [-0.2, -0.15) is 0 Å². The molecule has 2 rings (SSSR count). The molecule has 1 aromatic carbocycles. The maximum atomic E-state index is 12.1. The van der Waals surface area contributed by atoms with Gasteiger partial charge < -0.3 is 9.72 Å². The highest BCUT2D eigenvalue weighted by atomic mass is 16.5. The van der Waals surface area contributed by atoms with E-state index >= 15 is 0 Å². The van der Waals surface area contributed by atoms with Gasteiger partial charge in [0.1, 0.15) is 12.3 Å². The third-order valence-electron chi connectivity index (χ3n) is 3.27. The molecule has 1 aromatic heterocycles. The number of aromatic nitrogens is 1. The van der Waals surface area contributed by atoms with E-state index in [4.69, 9.17) is 4.74 Å². The summed E-state index contributed by atoms with van der Waals surface area (Å²) in [6, 6.07) is 9.42. The second-order valence-corrected chi connectivity index (χ2v) is 4.74. The van der Waals surface area contributed by atoms with Crippen molar-refractivity contribution in [2.75, 3.05) is 0 Å². The lowest BCUT2D eigenvalue weighted by molar-refractivity contribution is 0.0463. The Hall–Kier alpha value is -2.36. The Labute approximate surface area is 117 Å². The van der Waals surface area contributed by atoms with Gasteiger partial charge in [0.2, 0.25) is 0 Å². The number of rotatable bonds is 4. The number of benzene rings is 1. The van der Waals surface area contributed by atoms with Crippen molar-refractivity contribution in [1.82, 2.24) is 4.98 Å². The van der Waals surface area contributed by atoms with Crippen LogP contribution in [0.3, 0.4) is 0 Å². The monoisotopic (exact) mass is 271 g/mol. The highest BCUT2D eigenvalue weighted by Gasteiger charge is 2.22. The van der Waals surface area contributed by atoms with Crippen LogP contribution < -0.4 is 0 Å². The lowest BCUT2D eigenvalue weighted by atomic mass is 10.1. The highest BCUT2D eigenvalue weighted by molar-refractivity contribution is 6.05. The van der Waals surface area contributed by atoms with Crippen LogP contribution in [0.2, 0.25) is 0 Å². The van der Waals surface area contributed by atoms with Crippen LogP contribution in [0.25, 0.3) is 0 Å². The lowest BCUT2D eigenvalue weighted by Gasteiger charge is -2.05. The molecule has 0 spiro atoms. The first-order valence-electron chi connectivity index (χ1n) is 6.42. The molecule has 0 amide bonds. The molecule has 0 aliphatic heterocycles. The molecule has 0 bridgehead atoms. The predicted octanol–water partition coefficient (Wildman–Crippen LogP) is 3.19. The summed E-state index contributed by atoms with van der Waals surface area (Å²) in [6.45, 7) is 5.28. The third kappa shape index (κ3) is 2.79. The molecule has 0 aliphatic carbocycles. The molecule has 0 aliphatic rings. The van der Waals surface area contributed by atoms with Crippen molar-refractivity contribution < 1.29 is 14.3 Å². The lowest BCUT2D eigenvalue weighted by Crippen LogP contribution is -2.10. The van der Waals surface area contributed by atoms with Crippen LogP contribution in [0.15, 0.2) is 30.3 Å². The zero-order valence-corrected chi connectivity index (χ0v) is 11.8. The van der Waals surface area contributed by atoms with Gasteiger partial charge in [0.15, 0.2) is 5.78 Å². The Morgan fingerprint density at radius 3 is 2.40 bits per heavy atom. The average Bonchev–Trinajstić information content (AvgIpc) is 2.73. The highest BCUT2D eigenvalue weighted by Crippen LogP contribution is 2.19. The Kier molecular flexibility index (Phi) is 4.03. The molecule has 2 aromatic rings. The first-order chi connectivity index (χ1) is 9.50. The minimum absolute atomic E-state index is 0.140. The van der Waals surface area contributed by atoms with Crippen molar-refractivity contribution in [1.29, 1.82) is 0 Å². The molecule has 4 nitrogen and oxygen atoms in total. The molecule has 0 atom stereocenters. The number of carbonyl (C=O) groups is 2. The maximum absolute atomic E-state index is 12.1. The smallest absolute Gasteiger partial charge is 0.355 e. The van der Waals surface area contributed by atoms with Crippen molar-refractivity contribution in [3.63, 3.8) is 0 Å². The summed E-state index contributed by atoms with van der Waals surface area (Å²) in [5.74, 6) is -0.645. The van der Waals surface area contributed by atoms with E-state index < -0.39 is 5.97 Å². The number of aromatic amines is 1. The summed E-state index contributed by atoms with van der Waals surface area (Å²) in [5.41, 5.74) is 3.17. The quantitative estimate of drug-likeness (QED) is 0.686. The molecule has 0 fully saturated rings.